The van der Waals surface area contributed by atoms with Crippen molar-refractivity contribution in [3.63, 3.8) is 0 Å². The van der Waals surface area contributed by atoms with Crippen molar-refractivity contribution >= 4 is 10.8 Å². The molecule has 4 aromatic rings. The van der Waals surface area contributed by atoms with Crippen LogP contribution >= 0.6 is 0 Å². The summed E-state index contributed by atoms with van der Waals surface area (Å²) in [6.07, 6.45) is 4.28. The van der Waals surface area contributed by atoms with Gasteiger partial charge in [-0.2, -0.15) is 0 Å². The molecular formula is C32H35NO3. The van der Waals surface area contributed by atoms with Gasteiger partial charge < -0.3 is 14.2 Å². The first kappa shape index (κ1) is 24.2. The smallest absolute Gasteiger partial charge is 0.190 e. The maximum atomic E-state index is 7.14. The lowest BCUT2D eigenvalue weighted by molar-refractivity contribution is -0.116. The molecule has 1 aliphatic heterocycles. The largest absolute Gasteiger partial charge is 0.497 e. The molecular weight excluding hydrogens is 446 g/mol. The monoisotopic (exact) mass is 481 g/mol. The SMILES string of the molecule is CCCN1CCCCC1(Oc1ccccc1)c1c(-c2ccc(OC)cc2)ccc2cc(OC)ccc12. The van der Waals surface area contributed by atoms with Gasteiger partial charge in [-0.15, -0.1) is 0 Å². The molecule has 0 aliphatic carbocycles. The molecule has 0 aromatic heterocycles. The van der Waals surface area contributed by atoms with E-state index in [1.165, 1.54) is 22.9 Å². The summed E-state index contributed by atoms with van der Waals surface area (Å²) in [5.74, 6) is 2.61. The Kier molecular flexibility index (Phi) is 7.15. The summed E-state index contributed by atoms with van der Waals surface area (Å²) in [6.45, 7) is 4.23. The second-order valence-corrected chi connectivity index (χ2v) is 9.45. The molecule has 186 valence electrons. The third-order valence-corrected chi connectivity index (χ3v) is 7.25. The minimum Gasteiger partial charge on any atom is -0.497 e. The Bertz CT molecular complexity index is 1300. The summed E-state index contributed by atoms with van der Waals surface area (Å²) in [7, 11) is 3.43. The highest BCUT2D eigenvalue weighted by molar-refractivity contribution is 5.93. The van der Waals surface area contributed by atoms with Crippen molar-refractivity contribution in [2.24, 2.45) is 0 Å². The van der Waals surface area contributed by atoms with Gasteiger partial charge in [-0.05, 0) is 77.6 Å². The van der Waals surface area contributed by atoms with E-state index in [1.807, 2.05) is 30.3 Å². The lowest BCUT2D eigenvalue weighted by Crippen LogP contribution is -2.54. The summed E-state index contributed by atoms with van der Waals surface area (Å²) in [5, 5.41) is 2.35. The number of rotatable bonds is 8. The van der Waals surface area contributed by atoms with Crippen LogP contribution in [0.2, 0.25) is 0 Å². The van der Waals surface area contributed by atoms with Crippen molar-refractivity contribution in [3.8, 4) is 28.4 Å². The van der Waals surface area contributed by atoms with E-state index < -0.39 is 5.72 Å². The molecule has 4 aromatic carbocycles. The number of likely N-dealkylation sites (tertiary alicyclic amines) is 1. The van der Waals surface area contributed by atoms with E-state index in [0.717, 1.165) is 60.6 Å². The van der Waals surface area contributed by atoms with E-state index in [0.29, 0.717) is 0 Å². The first-order valence-electron chi connectivity index (χ1n) is 12.9. The Morgan fingerprint density at radius 1 is 0.778 bits per heavy atom. The van der Waals surface area contributed by atoms with Gasteiger partial charge in [-0.25, -0.2) is 0 Å². The Morgan fingerprint density at radius 3 is 2.25 bits per heavy atom. The zero-order chi connectivity index (χ0) is 25.0. The standard InChI is InChI=1S/C32H35NO3/c1-4-21-33-22-9-8-20-32(33,36-27-10-6-5-7-11-27)31-29(24-12-15-26(34-2)16-13-24)18-14-25-23-28(35-3)17-19-30(25)31/h5-7,10-19,23H,4,8-9,20-22H2,1-3H3. The molecule has 0 radical (unpaired) electrons. The van der Waals surface area contributed by atoms with E-state index in [-0.39, 0.29) is 0 Å². The van der Waals surface area contributed by atoms with Crippen LogP contribution < -0.4 is 14.2 Å². The van der Waals surface area contributed by atoms with Gasteiger partial charge in [0.15, 0.2) is 5.72 Å². The molecule has 0 amide bonds. The molecule has 1 saturated heterocycles. The number of fused-ring (bicyclic) bond motifs is 1. The minimum absolute atomic E-state index is 0.584. The average Bonchev–Trinajstić information content (AvgIpc) is 2.94. The zero-order valence-electron chi connectivity index (χ0n) is 21.5. The quantitative estimate of drug-likeness (QED) is 0.259. The second-order valence-electron chi connectivity index (χ2n) is 9.45. The Morgan fingerprint density at radius 2 is 1.53 bits per heavy atom. The third kappa shape index (κ3) is 4.54. The summed E-state index contributed by atoms with van der Waals surface area (Å²) >= 11 is 0. The molecule has 1 fully saturated rings. The van der Waals surface area contributed by atoms with Crippen LogP contribution in [-0.4, -0.2) is 32.2 Å². The highest BCUT2D eigenvalue weighted by Gasteiger charge is 2.45. The molecule has 36 heavy (non-hydrogen) atoms. The lowest BCUT2D eigenvalue weighted by atomic mass is 9.82. The van der Waals surface area contributed by atoms with Gasteiger partial charge in [0, 0.05) is 25.1 Å². The van der Waals surface area contributed by atoms with Crippen LogP contribution in [0.5, 0.6) is 17.2 Å². The molecule has 0 spiro atoms. The summed E-state index contributed by atoms with van der Waals surface area (Å²) in [4.78, 5) is 2.57. The number of hydrogen-bond acceptors (Lipinski definition) is 4. The molecule has 1 aliphatic rings. The fraction of sp³-hybridized carbons (Fsp3) is 0.312. The van der Waals surface area contributed by atoms with Gasteiger partial charge in [0.05, 0.1) is 14.2 Å². The van der Waals surface area contributed by atoms with Crippen molar-refractivity contribution in [2.75, 3.05) is 27.3 Å². The molecule has 0 bridgehead atoms. The zero-order valence-corrected chi connectivity index (χ0v) is 21.5. The van der Waals surface area contributed by atoms with Crippen LogP contribution in [0, 0.1) is 0 Å². The van der Waals surface area contributed by atoms with E-state index >= 15 is 0 Å². The van der Waals surface area contributed by atoms with E-state index in [2.05, 4.69) is 66.4 Å². The molecule has 0 N–H and O–H groups in total. The van der Waals surface area contributed by atoms with Crippen molar-refractivity contribution in [2.45, 2.75) is 38.3 Å². The predicted octanol–water partition coefficient (Wildman–Crippen LogP) is 7.65. The molecule has 1 unspecified atom stereocenters. The van der Waals surface area contributed by atoms with Gasteiger partial charge in [-0.3, -0.25) is 4.90 Å². The van der Waals surface area contributed by atoms with Crippen LogP contribution in [0.3, 0.4) is 0 Å². The summed E-state index contributed by atoms with van der Waals surface area (Å²) in [5.41, 5.74) is 2.99. The maximum Gasteiger partial charge on any atom is 0.190 e. The minimum atomic E-state index is -0.584. The number of benzene rings is 4. The third-order valence-electron chi connectivity index (χ3n) is 7.25. The van der Waals surface area contributed by atoms with Crippen molar-refractivity contribution in [3.05, 3.63) is 90.5 Å². The van der Waals surface area contributed by atoms with E-state index in [4.69, 9.17) is 14.2 Å². The highest BCUT2D eigenvalue weighted by Crippen LogP contribution is 2.47. The van der Waals surface area contributed by atoms with Crippen LogP contribution in [0.4, 0.5) is 0 Å². The lowest BCUT2D eigenvalue weighted by Gasteiger charge is -2.48. The van der Waals surface area contributed by atoms with Gasteiger partial charge in [-0.1, -0.05) is 55.5 Å². The average molecular weight is 482 g/mol. The first-order chi connectivity index (χ1) is 17.7. The summed E-state index contributed by atoms with van der Waals surface area (Å²) < 4.78 is 18.2. The Balaban J connectivity index is 1.81. The van der Waals surface area contributed by atoms with Crippen LogP contribution in [0.25, 0.3) is 21.9 Å². The normalized spacial score (nSPS) is 18.2. The number of para-hydroxylation sites is 1. The van der Waals surface area contributed by atoms with E-state index in [1.54, 1.807) is 14.2 Å². The van der Waals surface area contributed by atoms with Gasteiger partial charge in [0.2, 0.25) is 0 Å². The van der Waals surface area contributed by atoms with Crippen LogP contribution in [0.1, 0.15) is 38.2 Å². The van der Waals surface area contributed by atoms with Crippen molar-refractivity contribution in [1.29, 1.82) is 0 Å². The highest BCUT2D eigenvalue weighted by atomic mass is 16.5. The predicted molar refractivity (Wildman–Crippen MR) is 147 cm³/mol. The van der Waals surface area contributed by atoms with Crippen LogP contribution in [-0.2, 0) is 5.72 Å². The van der Waals surface area contributed by atoms with Crippen LogP contribution in [0.15, 0.2) is 84.9 Å². The van der Waals surface area contributed by atoms with Crippen molar-refractivity contribution in [1.82, 2.24) is 4.90 Å². The number of piperidine rings is 1. The summed E-state index contributed by atoms with van der Waals surface area (Å²) in [6, 6.07) is 29.5. The molecule has 1 atom stereocenters. The molecule has 5 rings (SSSR count). The van der Waals surface area contributed by atoms with E-state index in [9.17, 15) is 0 Å². The van der Waals surface area contributed by atoms with Gasteiger partial charge in [0.25, 0.3) is 0 Å². The fourth-order valence-electron chi connectivity index (χ4n) is 5.57. The molecule has 0 saturated carbocycles. The van der Waals surface area contributed by atoms with Gasteiger partial charge >= 0.3 is 0 Å². The molecule has 1 heterocycles. The maximum absolute atomic E-state index is 7.14. The number of ether oxygens (including phenoxy) is 3. The topological polar surface area (TPSA) is 30.9 Å². The number of nitrogens with zero attached hydrogens (tertiary/aromatic N) is 1. The number of methoxy groups -OCH3 is 2. The van der Waals surface area contributed by atoms with Gasteiger partial charge in [0.1, 0.15) is 17.2 Å². The Labute approximate surface area is 214 Å². The molecule has 4 nitrogen and oxygen atoms in total. The second kappa shape index (κ2) is 10.6. The fourth-order valence-corrected chi connectivity index (χ4v) is 5.57. The number of hydrogen-bond donors (Lipinski definition) is 0. The first-order valence-corrected chi connectivity index (χ1v) is 12.9. The molecule has 4 heteroatoms. The van der Waals surface area contributed by atoms with Crippen molar-refractivity contribution < 1.29 is 14.2 Å². The Hall–Kier alpha value is -3.50.